The first kappa shape index (κ1) is 14.2. The molecular weight excluding hydrogens is 266 g/mol. The van der Waals surface area contributed by atoms with Crippen LogP contribution in [-0.4, -0.2) is 30.3 Å². The molecule has 104 valence electrons. The first-order valence-corrected chi connectivity index (χ1v) is 6.80. The summed E-state index contributed by atoms with van der Waals surface area (Å²) in [4.78, 5) is 11.7. The Balaban J connectivity index is 2.14. The number of benzene rings is 1. The van der Waals surface area contributed by atoms with E-state index in [9.17, 15) is 9.90 Å². The second kappa shape index (κ2) is 6.26. The second-order valence-corrected chi connectivity index (χ2v) is 5.27. The number of aliphatic hydroxyl groups is 1. The lowest BCUT2D eigenvalue weighted by Crippen LogP contribution is -2.28. The number of halogens is 1. The van der Waals surface area contributed by atoms with Crippen LogP contribution in [0.4, 0.5) is 5.69 Å². The largest absolute Gasteiger partial charge is 0.465 e. The molecule has 0 heterocycles. The van der Waals surface area contributed by atoms with E-state index in [-0.39, 0.29) is 18.1 Å². The van der Waals surface area contributed by atoms with Crippen LogP contribution in [-0.2, 0) is 4.74 Å². The lowest BCUT2D eigenvalue weighted by molar-refractivity contribution is 0.0601. The van der Waals surface area contributed by atoms with Gasteiger partial charge in [-0.2, -0.15) is 0 Å². The Morgan fingerprint density at radius 3 is 2.68 bits per heavy atom. The van der Waals surface area contributed by atoms with E-state index < -0.39 is 0 Å². The van der Waals surface area contributed by atoms with Gasteiger partial charge in [0.05, 0.1) is 24.5 Å². The van der Waals surface area contributed by atoms with Crippen LogP contribution < -0.4 is 5.32 Å². The minimum Gasteiger partial charge on any atom is -0.465 e. The van der Waals surface area contributed by atoms with Gasteiger partial charge in [0.1, 0.15) is 0 Å². The normalized spacial score (nSPS) is 22.9. The predicted molar refractivity (Wildman–Crippen MR) is 74.7 cm³/mol. The molecule has 0 saturated heterocycles. The highest BCUT2D eigenvalue weighted by Crippen LogP contribution is 2.27. The molecule has 2 rings (SSSR count). The fraction of sp³-hybridized carbons (Fsp3) is 0.500. The number of esters is 1. The summed E-state index contributed by atoms with van der Waals surface area (Å²) >= 11 is 5.97. The van der Waals surface area contributed by atoms with E-state index in [1.165, 1.54) is 7.11 Å². The van der Waals surface area contributed by atoms with Crippen molar-refractivity contribution in [1.82, 2.24) is 0 Å². The highest BCUT2D eigenvalue weighted by Gasteiger charge is 2.21. The summed E-state index contributed by atoms with van der Waals surface area (Å²) in [6.07, 6.45) is 3.14. The molecule has 0 atom stereocenters. The summed E-state index contributed by atoms with van der Waals surface area (Å²) < 4.78 is 4.76. The fourth-order valence-corrected chi connectivity index (χ4v) is 2.54. The van der Waals surface area contributed by atoms with E-state index in [1.807, 2.05) is 0 Å². The van der Waals surface area contributed by atoms with Crippen molar-refractivity contribution in [2.45, 2.75) is 37.8 Å². The van der Waals surface area contributed by atoms with Gasteiger partial charge in [-0.25, -0.2) is 4.79 Å². The molecule has 1 saturated carbocycles. The molecule has 1 aromatic carbocycles. The molecule has 1 fully saturated rings. The smallest absolute Gasteiger partial charge is 0.339 e. The molecule has 0 spiro atoms. The van der Waals surface area contributed by atoms with Crippen molar-refractivity contribution in [3.8, 4) is 0 Å². The van der Waals surface area contributed by atoms with Gasteiger partial charge in [-0.3, -0.25) is 0 Å². The van der Waals surface area contributed by atoms with Crippen molar-refractivity contribution < 1.29 is 14.6 Å². The molecular formula is C14H18ClNO3. The van der Waals surface area contributed by atoms with Gasteiger partial charge in [0.25, 0.3) is 0 Å². The Hall–Kier alpha value is -1.26. The fourth-order valence-electron chi connectivity index (χ4n) is 2.36. The topological polar surface area (TPSA) is 58.6 Å². The molecule has 2 N–H and O–H groups in total. The van der Waals surface area contributed by atoms with Crippen LogP contribution in [0.3, 0.4) is 0 Å². The minimum atomic E-state index is -0.380. The molecule has 0 aromatic heterocycles. The van der Waals surface area contributed by atoms with Crippen LogP contribution >= 0.6 is 11.6 Å². The summed E-state index contributed by atoms with van der Waals surface area (Å²) in [6, 6.07) is 5.32. The molecule has 19 heavy (non-hydrogen) atoms. The van der Waals surface area contributed by atoms with Gasteiger partial charge >= 0.3 is 5.97 Å². The van der Waals surface area contributed by atoms with Gasteiger partial charge < -0.3 is 15.2 Å². The highest BCUT2D eigenvalue weighted by atomic mass is 35.5. The number of ether oxygens (including phenoxy) is 1. The van der Waals surface area contributed by atoms with Crippen molar-refractivity contribution >= 4 is 23.3 Å². The number of carbonyl (C=O) groups is 1. The Bertz CT molecular complexity index is 456. The Labute approximate surface area is 117 Å². The van der Waals surface area contributed by atoms with Crippen LogP contribution in [0.5, 0.6) is 0 Å². The third kappa shape index (κ3) is 3.61. The van der Waals surface area contributed by atoms with Gasteiger partial charge in [-0.1, -0.05) is 11.6 Å². The zero-order chi connectivity index (χ0) is 13.8. The molecule has 0 unspecified atom stereocenters. The van der Waals surface area contributed by atoms with Crippen molar-refractivity contribution in [2.75, 3.05) is 12.4 Å². The standard InChI is InChI=1S/C14H18ClNO3/c1-19-14(18)12-7-2-9(15)8-13(12)16-10-3-5-11(17)6-4-10/h2,7-8,10-11,16-17H,3-6H2,1H3. The maximum Gasteiger partial charge on any atom is 0.339 e. The van der Waals surface area contributed by atoms with Crippen LogP contribution in [0.15, 0.2) is 18.2 Å². The number of anilines is 1. The summed E-state index contributed by atoms with van der Waals surface area (Å²) in [5.41, 5.74) is 1.18. The average molecular weight is 284 g/mol. The van der Waals surface area contributed by atoms with Crippen molar-refractivity contribution in [1.29, 1.82) is 0 Å². The molecule has 0 bridgehead atoms. The summed E-state index contributed by atoms with van der Waals surface area (Å²) in [7, 11) is 1.36. The third-order valence-corrected chi connectivity index (χ3v) is 3.68. The van der Waals surface area contributed by atoms with E-state index in [4.69, 9.17) is 16.3 Å². The van der Waals surface area contributed by atoms with Crippen molar-refractivity contribution in [3.05, 3.63) is 28.8 Å². The van der Waals surface area contributed by atoms with E-state index in [1.54, 1.807) is 18.2 Å². The van der Waals surface area contributed by atoms with E-state index >= 15 is 0 Å². The molecule has 5 heteroatoms. The maximum atomic E-state index is 11.7. The molecule has 1 aromatic rings. The number of rotatable bonds is 3. The SMILES string of the molecule is COC(=O)c1ccc(Cl)cc1NC1CCC(O)CC1. The Morgan fingerprint density at radius 1 is 1.37 bits per heavy atom. The predicted octanol–water partition coefficient (Wildman–Crippen LogP) is 2.84. The summed E-state index contributed by atoms with van der Waals surface area (Å²) in [6.45, 7) is 0. The lowest BCUT2D eigenvalue weighted by atomic mass is 9.93. The highest BCUT2D eigenvalue weighted by molar-refractivity contribution is 6.31. The first-order valence-electron chi connectivity index (χ1n) is 6.42. The van der Waals surface area contributed by atoms with Gasteiger partial charge in [-0.15, -0.1) is 0 Å². The molecule has 0 amide bonds. The minimum absolute atomic E-state index is 0.197. The summed E-state index contributed by atoms with van der Waals surface area (Å²) in [5, 5.41) is 13.4. The third-order valence-electron chi connectivity index (χ3n) is 3.44. The van der Waals surface area contributed by atoms with Crippen LogP contribution in [0.25, 0.3) is 0 Å². The number of hydrogen-bond donors (Lipinski definition) is 2. The number of nitrogens with one attached hydrogen (secondary N) is 1. The number of aliphatic hydroxyl groups excluding tert-OH is 1. The molecule has 0 aliphatic heterocycles. The average Bonchev–Trinajstić information content (AvgIpc) is 2.41. The monoisotopic (exact) mass is 283 g/mol. The lowest BCUT2D eigenvalue weighted by Gasteiger charge is -2.27. The van der Waals surface area contributed by atoms with E-state index in [2.05, 4.69) is 5.32 Å². The second-order valence-electron chi connectivity index (χ2n) is 4.83. The van der Waals surface area contributed by atoms with E-state index in [0.29, 0.717) is 16.3 Å². The zero-order valence-electron chi connectivity index (χ0n) is 10.9. The van der Waals surface area contributed by atoms with Gasteiger partial charge in [0.15, 0.2) is 0 Å². The quantitative estimate of drug-likeness (QED) is 0.838. The maximum absolute atomic E-state index is 11.7. The molecule has 1 aliphatic rings. The van der Waals surface area contributed by atoms with E-state index in [0.717, 1.165) is 25.7 Å². The van der Waals surface area contributed by atoms with Gasteiger partial charge in [0.2, 0.25) is 0 Å². The molecule has 4 nitrogen and oxygen atoms in total. The number of methoxy groups -OCH3 is 1. The number of carbonyl (C=O) groups excluding carboxylic acids is 1. The van der Waals surface area contributed by atoms with Gasteiger partial charge in [-0.05, 0) is 43.9 Å². The van der Waals surface area contributed by atoms with Crippen molar-refractivity contribution in [3.63, 3.8) is 0 Å². The Kier molecular flexibility index (Phi) is 4.66. The van der Waals surface area contributed by atoms with Crippen LogP contribution in [0.2, 0.25) is 5.02 Å². The Morgan fingerprint density at radius 2 is 2.05 bits per heavy atom. The number of hydrogen-bond acceptors (Lipinski definition) is 4. The van der Waals surface area contributed by atoms with Crippen LogP contribution in [0, 0.1) is 0 Å². The van der Waals surface area contributed by atoms with Crippen molar-refractivity contribution in [2.24, 2.45) is 0 Å². The first-order chi connectivity index (χ1) is 9.10. The van der Waals surface area contributed by atoms with Crippen LogP contribution in [0.1, 0.15) is 36.0 Å². The zero-order valence-corrected chi connectivity index (χ0v) is 11.6. The molecule has 0 radical (unpaired) electrons. The molecule has 1 aliphatic carbocycles. The summed E-state index contributed by atoms with van der Waals surface area (Å²) in [5.74, 6) is -0.380. The van der Waals surface area contributed by atoms with Gasteiger partial charge in [0, 0.05) is 11.1 Å².